The smallest absolute Gasteiger partial charge is 0.299 e. The summed E-state index contributed by atoms with van der Waals surface area (Å²) in [6, 6.07) is 24.5. The largest absolute Gasteiger partial charge is 0.454 e. The lowest BCUT2D eigenvalue weighted by atomic mass is 10.0. The number of hydrogen-bond donors (Lipinski definition) is 1. The number of rotatable bonds is 8. The van der Waals surface area contributed by atoms with Crippen molar-refractivity contribution < 1.29 is 33.0 Å². The van der Waals surface area contributed by atoms with E-state index in [-0.39, 0.29) is 18.9 Å². The van der Waals surface area contributed by atoms with Gasteiger partial charge in [0, 0.05) is 18.3 Å². The lowest BCUT2D eigenvalue weighted by Gasteiger charge is -2.33. The Morgan fingerprint density at radius 1 is 0.881 bits per heavy atom. The zero-order valence-electron chi connectivity index (χ0n) is 22.2. The molecule has 1 unspecified atom stereocenters. The summed E-state index contributed by atoms with van der Waals surface area (Å²) in [6.45, 7) is -0.492. The third-order valence-electron chi connectivity index (χ3n) is 7.07. The van der Waals surface area contributed by atoms with Gasteiger partial charge in [-0.1, -0.05) is 54.6 Å². The van der Waals surface area contributed by atoms with E-state index in [4.69, 9.17) is 9.47 Å². The topological polar surface area (TPSA) is 105 Å². The van der Waals surface area contributed by atoms with Gasteiger partial charge in [-0.05, 0) is 47.5 Å². The highest BCUT2D eigenvalue weighted by atomic mass is 19.1. The first-order valence-electron chi connectivity index (χ1n) is 13.1. The molecule has 2 aliphatic rings. The maximum absolute atomic E-state index is 14.1. The van der Waals surface area contributed by atoms with E-state index in [1.54, 1.807) is 66.7 Å². The quantitative estimate of drug-likeness (QED) is 0.316. The molecule has 210 valence electrons. The van der Waals surface area contributed by atoms with Crippen LogP contribution in [0.1, 0.15) is 27.5 Å². The Labute approximate surface area is 240 Å². The zero-order valence-corrected chi connectivity index (χ0v) is 22.2. The highest BCUT2D eigenvalue weighted by Crippen LogP contribution is 2.35. The van der Waals surface area contributed by atoms with E-state index in [9.17, 15) is 23.6 Å². The van der Waals surface area contributed by atoms with Gasteiger partial charge in [0.2, 0.25) is 12.7 Å². The maximum atomic E-state index is 14.1. The molecule has 4 aromatic rings. The Balaban J connectivity index is 1.37. The standard InChI is InChI=1S/C32H24FN3O6/c33-22-12-10-20(11-13-22)17-36(28(37)18-35-25-9-5-4-8-24(25)30(38)32(35)40)29(21-6-2-1-3-7-21)31(39)34-23-14-15-26-27(16-23)42-19-41-26/h1-16,29H,17-19H2,(H,34,39). The number of fused-ring (bicyclic) bond motifs is 2. The molecule has 0 saturated carbocycles. The second kappa shape index (κ2) is 11.2. The molecule has 0 aliphatic carbocycles. The van der Waals surface area contributed by atoms with Crippen LogP contribution in [-0.2, 0) is 20.9 Å². The van der Waals surface area contributed by atoms with Crippen LogP contribution in [0.4, 0.5) is 15.8 Å². The molecular weight excluding hydrogens is 541 g/mol. The summed E-state index contributed by atoms with van der Waals surface area (Å²) in [5.74, 6) is -2.08. The number of halogens is 1. The number of ether oxygens (including phenoxy) is 2. The van der Waals surface area contributed by atoms with Crippen LogP contribution in [-0.4, -0.2) is 41.7 Å². The van der Waals surface area contributed by atoms with Crippen LogP contribution < -0.4 is 19.7 Å². The van der Waals surface area contributed by atoms with Crippen molar-refractivity contribution in [2.75, 3.05) is 23.6 Å². The molecule has 2 heterocycles. The molecule has 4 aromatic carbocycles. The number of nitrogens with zero attached hydrogens (tertiary/aromatic N) is 2. The van der Waals surface area contributed by atoms with Crippen molar-refractivity contribution in [3.05, 3.63) is 120 Å². The van der Waals surface area contributed by atoms with Gasteiger partial charge in [0.1, 0.15) is 18.4 Å². The average Bonchev–Trinajstić information content (AvgIpc) is 3.57. The van der Waals surface area contributed by atoms with Crippen molar-refractivity contribution in [2.24, 2.45) is 0 Å². The van der Waals surface area contributed by atoms with Crippen LogP contribution in [0.15, 0.2) is 97.1 Å². The van der Waals surface area contributed by atoms with E-state index < -0.39 is 41.9 Å². The Hall–Kier alpha value is -5.51. The van der Waals surface area contributed by atoms with E-state index in [2.05, 4.69) is 5.32 Å². The summed E-state index contributed by atoms with van der Waals surface area (Å²) >= 11 is 0. The average molecular weight is 566 g/mol. The number of amides is 3. The maximum Gasteiger partial charge on any atom is 0.299 e. The lowest BCUT2D eigenvalue weighted by molar-refractivity contribution is -0.139. The molecule has 9 nitrogen and oxygen atoms in total. The Bertz CT molecular complexity index is 1690. The van der Waals surface area contributed by atoms with Crippen LogP contribution in [0.3, 0.4) is 0 Å². The summed E-state index contributed by atoms with van der Waals surface area (Å²) < 4.78 is 24.5. The monoisotopic (exact) mass is 565 g/mol. The molecule has 2 aliphatic heterocycles. The summed E-state index contributed by atoms with van der Waals surface area (Å²) in [5, 5.41) is 2.86. The van der Waals surface area contributed by atoms with Gasteiger partial charge in [-0.15, -0.1) is 0 Å². The molecule has 10 heteroatoms. The molecular formula is C32H24FN3O6. The number of carbonyl (C=O) groups is 4. The van der Waals surface area contributed by atoms with Crippen LogP contribution in [0.2, 0.25) is 0 Å². The highest BCUT2D eigenvalue weighted by molar-refractivity contribution is 6.52. The SMILES string of the molecule is O=C1C(=O)N(CC(=O)N(Cc2ccc(F)cc2)C(C(=O)Nc2ccc3c(c2)OCO3)c2ccccc2)c2ccccc21. The Kier molecular flexibility index (Phi) is 7.10. The van der Waals surface area contributed by atoms with Gasteiger partial charge in [0.15, 0.2) is 11.5 Å². The fraction of sp³-hybridized carbons (Fsp3) is 0.125. The number of benzene rings is 4. The second-order valence-electron chi connectivity index (χ2n) is 9.76. The van der Waals surface area contributed by atoms with Gasteiger partial charge in [0.05, 0.1) is 11.3 Å². The number of Topliss-reactive ketones (excluding diaryl/α,β-unsaturated/α-hetero) is 1. The summed E-state index contributed by atoms with van der Waals surface area (Å²) in [5.41, 5.74) is 2.03. The van der Waals surface area contributed by atoms with Gasteiger partial charge in [-0.2, -0.15) is 0 Å². The summed E-state index contributed by atoms with van der Waals surface area (Å²) in [6.07, 6.45) is 0. The summed E-state index contributed by atoms with van der Waals surface area (Å²) in [4.78, 5) is 56.0. The fourth-order valence-electron chi connectivity index (χ4n) is 5.03. The van der Waals surface area contributed by atoms with Gasteiger partial charge < -0.3 is 19.7 Å². The molecule has 42 heavy (non-hydrogen) atoms. The molecule has 0 aromatic heterocycles. The molecule has 1 N–H and O–H groups in total. The number of carbonyl (C=O) groups excluding carboxylic acids is 4. The van der Waals surface area contributed by atoms with Crippen LogP contribution in [0, 0.1) is 5.82 Å². The van der Waals surface area contributed by atoms with E-state index in [0.717, 1.165) is 4.90 Å². The minimum atomic E-state index is -1.15. The minimum Gasteiger partial charge on any atom is -0.454 e. The fourth-order valence-corrected chi connectivity index (χ4v) is 5.03. The molecule has 0 saturated heterocycles. The van der Waals surface area contributed by atoms with E-state index in [0.29, 0.717) is 34.0 Å². The number of para-hydroxylation sites is 1. The van der Waals surface area contributed by atoms with E-state index in [1.165, 1.54) is 35.2 Å². The number of ketones is 1. The third kappa shape index (κ3) is 5.17. The van der Waals surface area contributed by atoms with Crippen LogP contribution in [0.5, 0.6) is 11.5 Å². The molecule has 0 radical (unpaired) electrons. The number of anilines is 2. The first-order valence-corrected chi connectivity index (χ1v) is 13.1. The van der Waals surface area contributed by atoms with E-state index in [1.807, 2.05) is 0 Å². The highest BCUT2D eigenvalue weighted by Gasteiger charge is 2.39. The first-order chi connectivity index (χ1) is 20.4. The third-order valence-corrected chi connectivity index (χ3v) is 7.07. The molecule has 0 bridgehead atoms. The van der Waals surface area contributed by atoms with E-state index >= 15 is 0 Å². The Morgan fingerprint density at radius 2 is 1.60 bits per heavy atom. The van der Waals surface area contributed by atoms with Crippen molar-refractivity contribution in [1.82, 2.24) is 4.90 Å². The molecule has 1 atom stereocenters. The zero-order chi connectivity index (χ0) is 29.2. The van der Waals surface area contributed by atoms with Crippen molar-refractivity contribution in [3.8, 4) is 11.5 Å². The van der Waals surface area contributed by atoms with Gasteiger partial charge in [-0.25, -0.2) is 4.39 Å². The van der Waals surface area contributed by atoms with Crippen molar-refractivity contribution >= 4 is 34.9 Å². The molecule has 0 spiro atoms. The second-order valence-corrected chi connectivity index (χ2v) is 9.76. The number of hydrogen-bond acceptors (Lipinski definition) is 6. The van der Waals surface area contributed by atoms with Crippen LogP contribution >= 0.6 is 0 Å². The van der Waals surface area contributed by atoms with Gasteiger partial charge in [-0.3, -0.25) is 24.1 Å². The van der Waals surface area contributed by atoms with Gasteiger partial charge in [0.25, 0.3) is 17.6 Å². The predicted octanol–water partition coefficient (Wildman–Crippen LogP) is 4.49. The normalized spacial score (nSPS) is 14.0. The predicted molar refractivity (Wildman–Crippen MR) is 150 cm³/mol. The van der Waals surface area contributed by atoms with Crippen molar-refractivity contribution in [3.63, 3.8) is 0 Å². The molecule has 6 rings (SSSR count). The molecule has 3 amide bonds. The van der Waals surface area contributed by atoms with Crippen LogP contribution in [0.25, 0.3) is 0 Å². The van der Waals surface area contributed by atoms with Crippen molar-refractivity contribution in [2.45, 2.75) is 12.6 Å². The lowest BCUT2D eigenvalue weighted by Crippen LogP contribution is -2.46. The van der Waals surface area contributed by atoms with Crippen molar-refractivity contribution in [1.29, 1.82) is 0 Å². The summed E-state index contributed by atoms with van der Waals surface area (Å²) in [7, 11) is 0. The first kappa shape index (κ1) is 26.7. The minimum absolute atomic E-state index is 0.0696. The molecule has 0 fully saturated rings. The Morgan fingerprint density at radius 3 is 2.38 bits per heavy atom. The number of nitrogens with one attached hydrogen (secondary N) is 1. The van der Waals surface area contributed by atoms with Gasteiger partial charge >= 0.3 is 0 Å².